The Balaban J connectivity index is 2.80. The van der Waals surface area contributed by atoms with Gasteiger partial charge in [0.15, 0.2) is 6.61 Å². The number of aliphatic carboxylic acids is 1. The largest absolute Gasteiger partial charge is 0.479 e. The average molecular weight is 291 g/mol. The molecule has 8 heteroatoms. The summed E-state index contributed by atoms with van der Waals surface area (Å²) in [6.07, 6.45) is 0. The van der Waals surface area contributed by atoms with Gasteiger partial charge in [0.1, 0.15) is 5.69 Å². The fourth-order valence-corrected chi connectivity index (χ4v) is 1.29. The van der Waals surface area contributed by atoms with E-state index in [2.05, 4.69) is 26.2 Å². The number of carbonyl (C=O) groups is 1. The number of rotatable bonds is 5. The van der Waals surface area contributed by atoms with Crippen LogP contribution in [0.25, 0.3) is 0 Å². The first-order valence-electron chi connectivity index (χ1n) is 4.04. The van der Waals surface area contributed by atoms with Crippen molar-refractivity contribution in [3.05, 3.63) is 32.8 Å². The molecular formula is C8H7BrN2O5. The summed E-state index contributed by atoms with van der Waals surface area (Å²) in [6.45, 7) is -0.594. The topological polar surface area (TPSA) is 102 Å². The van der Waals surface area contributed by atoms with Crippen LogP contribution in [-0.4, -0.2) is 22.6 Å². The van der Waals surface area contributed by atoms with Crippen molar-refractivity contribution in [3.63, 3.8) is 0 Å². The summed E-state index contributed by atoms with van der Waals surface area (Å²) < 4.78 is 0.611. The molecule has 0 aliphatic carbocycles. The molecular weight excluding hydrogens is 284 g/mol. The van der Waals surface area contributed by atoms with E-state index in [-0.39, 0.29) is 11.4 Å². The minimum atomic E-state index is -1.18. The highest BCUT2D eigenvalue weighted by Crippen LogP contribution is 2.27. The quantitative estimate of drug-likeness (QED) is 0.633. The van der Waals surface area contributed by atoms with Crippen LogP contribution < -0.4 is 5.48 Å². The van der Waals surface area contributed by atoms with Gasteiger partial charge in [0.05, 0.1) is 4.92 Å². The highest BCUT2D eigenvalue weighted by atomic mass is 79.9. The van der Waals surface area contributed by atoms with E-state index in [9.17, 15) is 14.9 Å². The average Bonchev–Trinajstić information content (AvgIpc) is 2.16. The molecule has 0 unspecified atom stereocenters. The lowest BCUT2D eigenvalue weighted by molar-refractivity contribution is -0.384. The third-order valence-electron chi connectivity index (χ3n) is 1.53. The van der Waals surface area contributed by atoms with Crippen LogP contribution in [0.3, 0.4) is 0 Å². The summed E-state index contributed by atoms with van der Waals surface area (Å²) in [7, 11) is 0. The van der Waals surface area contributed by atoms with Crippen molar-refractivity contribution in [2.24, 2.45) is 0 Å². The number of benzene rings is 1. The van der Waals surface area contributed by atoms with Crippen LogP contribution in [0.1, 0.15) is 0 Å². The van der Waals surface area contributed by atoms with Gasteiger partial charge in [0.2, 0.25) is 0 Å². The predicted octanol–water partition coefficient (Wildman–Crippen LogP) is 1.79. The molecule has 1 rings (SSSR count). The Kier molecular flexibility index (Phi) is 4.20. The lowest BCUT2D eigenvalue weighted by Gasteiger charge is -2.05. The molecule has 16 heavy (non-hydrogen) atoms. The van der Waals surface area contributed by atoms with Gasteiger partial charge < -0.3 is 5.11 Å². The second-order valence-corrected chi connectivity index (χ2v) is 3.62. The van der Waals surface area contributed by atoms with Crippen molar-refractivity contribution in [2.75, 3.05) is 12.1 Å². The number of anilines is 1. The van der Waals surface area contributed by atoms with Crippen molar-refractivity contribution in [1.29, 1.82) is 0 Å². The smallest absolute Gasteiger partial charge is 0.332 e. The number of hydrogen-bond donors (Lipinski definition) is 2. The number of hydrogen-bond acceptors (Lipinski definition) is 5. The highest BCUT2D eigenvalue weighted by Gasteiger charge is 2.14. The maximum atomic E-state index is 10.6. The second-order valence-electron chi connectivity index (χ2n) is 2.70. The lowest BCUT2D eigenvalue weighted by atomic mass is 10.3. The predicted molar refractivity (Wildman–Crippen MR) is 58.0 cm³/mol. The van der Waals surface area contributed by atoms with Crippen molar-refractivity contribution in [2.45, 2.75) is 0 Å². The van der Waals surface area contributed by atoms with E-state index in [0.717, 1.165) is 0 Å². The summed E-state index contributed by atoms with van der Waals surface area (Å²) in [5.41, 5.74) is 2.10. The Morgan fingerprint density at radius 1 is 1.62 bits per heavy atom. The number of carboxylic acid groups (broad SMARTS) is 1. The van der Waals surface area contributed by atoms with E-state index in [4.69, 9.17) is 5.11 Å². The Morgan fingerprint density at radius 2 is 2.31 bits per heavy atom. The maximum absolute atomic E-state index is 10.6. The molecule has 0 spiro atoms. The number of nitrogens with one attached hydrogen (secondary N) is 1. The van der Waals surface area contributed by atoms with Crippen molar-refractivity contribution >= 4 is 33.3 Å². The van der Waals surface area contributed by atoms with Gasteiger partial charge in [-0.3, -0.25) is 20.4 Å². The molecule has 0 amide bonds. The minimum Gasteiger partial charge on any atom is -0.479 e. The van der Waals surface area contributed by atoms with Gasteiger partial charge in [0.25, 0.3) is 5.69 Å². The number of carboxylic acids is 1. The molecule has 0 radical (unpaired) electrons. The van der Waals surface area contributed by atoms with Crippen molar-refractivity contribution in [1.82, 2.24) is 0 Å². The minimum absolute atomic E-state index is 0.0839. The van der Waals surface area contributed by atoms with Crippen LogP contribution in [0.15, 0.2) is 22.7 Å². The summed E-state index contributed by atoms with van der Waals surface area (Å²) in [4.78, 5) is 24.7. The second kappa shape index (κ2) is 5.42. The third-order valence-corrected chi connectivity index (χ3v) is 2.03. The van der Waals surface area contributed by atoms with Crippen molar-refractivity contribution in [3.8, 4) is 0 Å². The van der Waals surface area contributed by atoms with Gasteiger partial charge in [-0.1, -0.05) is 15.9 Å². The van der Waals surface area contributed by atoms with Gasteiger partial charge >= 0.3 is 5.97 Å². The van der Waals surface area contributed by atoms with Gasteiger partial charge in [-0.25, -0.2) is 4.79 Å². The van der Waals surface area contributed by atoms with Gasteiger partial charge in [0, 0.05) is 10.5 Å². The molecule has 86 valence electrons. The maximum Gasteiger partial charge on any atom is 0.332 e. The molecule has 0 bridgehead atoms. The normalized spacial score (nSPS) is 9.81. The molecule has 0 fully saturated rings. The van der Waals surface area contributed by atoms with Crippen LogP contribution in [-0.2, 0) is 9.63 Å². The first kappa shape index (κ1) is 12.4. The summed E-state index contributed by atoms with van der Waals surface area (Å²) in [5.74, 6) is -1.18. The summed E-state index contributed by atoms with van der Waals surface area (Å²) >= 11 is 3.13. The fraction of sp³-hybridized carbons (Fsp3) is 0.125. The molecule has 0 saturated carbocycles. The number of nitro benzene ring substituents is 1. The third kappa shape index (κ3) is 3.48. The Bertz CT molecular complexity index is 423. The highest BCUT2D eigenvalue weighted by molar-refractivity contribution is 9.10. The molecule has 0 aromatic heterocycles. The van der Waals surface area contributed by atoms with E-state index in [1.165, 1.54) is 18.2 Å². The molecule has 0 saturated heterocycles. The van der Waals surface area contributed by atoms with E-state index in [0.29, 0.717) is 4.47 Å². The molecule has 0 atom stereocenters. The molecule has 0 aliphatic heterocycles. The molecule has 1 aromatic carbocycles. The number of nitrogens with zero attached hydrogens (tertiary/aromatic N) is 1. The summed E-state index contributed by atoms with van der Waals surface area (Å²) in [5, 5.41) is 18.9. The zero-order chi connectivity index (χ0) is 12.1. The van der Waals surface area contributed by atoms with E-state index in [1.54, 1.807) is 0 Å². The van der Waals surface area contributed by atoms with Gasteiger partial charge in [-0.2, -0.15) is 0 Å². The van der Waals surface area contributed by atoms with Crippen LogP contribution in [0, 0.1) is 10.1 Å². The molecule has 2 N–H and O–H groups in total. The van der Waals surface area contributed by atoms with Crippen LogP contribution in [0.4, 0.5) is 11.4 Å². The molecule has 0 aliphatic rings. The summed E-state index contributed by atoms with van der Waals surface area (Å²) in [6, 6.07) is 4.19. The molecule has 7 nitrogen and oxygen atoms in total. The van der Waals surface area contributed by atoms with Crippen LogP contribution in [0.2, 0.25) is 0 Å². The monoisotopic (exact) mass is 290 g/mol. The van der Waals surface area contributed by atoms with Crippen LogP contribution >= 0.6 is 15.9 Å². The number of halogens is 1. The van der Waals surface area contributed by atoms with Crippen LogP contribution in [0.5, 0.6) is 0 Å². The van der Waals surface area contributed by atoms with E-state index >= 15 is 0 Å². The zero-order valence-electron chi connectivity index (χ0n) is 7.84. The van der Waals surface area contributed by atoms with E-state index < -0.39 is 17.5 Å². The first-order chi connectivity index (χ1) is 7.50. The van der Waals surface area contributed by atoms with E-state index in [1.807, 2.05) is 0 Å². The Hall–Kier alpha value is -1.67. The van der Waals surface area contributed by atoms with Crippen molar-refractivity contribution < 1.29 is 19.7 Å². The lowest BCUT2D eigenvalue weighted by Crippen LogP contribution is -2.12. The zero-order valence-corrected chi connectivity index (χ0v) is 9.43. The molecule has 1 aromatic rings. The molecule has 0 heterocycles. The SMILES string of the molecule is O=C(O)CONc1cc(Br)ccc1[N+](=O)[O-]. The van der Waals surface area contributed by atoms with Gasteiger partial charge in [-0.05, 0) is 12.1 Å². The number of nitro groups is 1. The standard InChI is InChI=1S/C8H7BrN2O5/c9-5-1-2-7(11(14)15)6(3-5)10-16-4-8(12)13/h1-3,10H,4H2,(H,12,13). The Morgan fingerprint density at radius 3 is 2.88 bits per heavy atom. The first-order valence-corrected chi connectivity index (χ1v) is 4.83. The Labute approximate surface area is 98.3 Å². The fourth-order valence-electron chi connectivity index (χ4n) is 0.925. The van der Waals surface area contributed by atoms with Gasteiger partial charge in [-0.15, -0.1) is 0 Å².